The van der Waals surface area contributed by atoms with E-state index in [2.05, 4.69) is 19.8 Å². The Kier molecular flexibility index (Phi) is 4.79. The van der Waals surface area contributed by atoms with Gasteiger partial charge in [0.25, 0.3) is 0 Å². The molecule has 106 valence electrons. The molecule has 1 N–H and O–H groups in total. The summed E-state index contributed by atoms with van der Waals surface area (Å²) in [4.78, 5) is 20.2. The average molecular weight is 265 g/mol. The Balaban J connectivity index is 1.69. The highest BCUT2D eigenvalue weighted by atomic mass is 16.2. The summed E-state index contributed by atoms with van der Waals surface area (Å²) in [5.41, 5.74) is 0. The number of imidazole rings is 1. The van der Waals surface area contributed by atoms with Crippen LogP contribution in [0.4, 0.5) is 4.79 Å². The van der Waals surface area contributed by atoms with Crippen molar-refractivity contribution in [3.63, 3.8) is 0 Å². The Morgan fingerprint density at radius 3 is 2.58 bits per heavy atom. The quantitative estimate of drug-likeness (QED) is 0.868. The lowest BCUT2D eigenvalue weighted by Crippen LogP contribution is -2.53. The van der Waals surface area contributed by atoms with Crippen LogP contribution in [0, 0.1) is 0 Å². The first-order chi connectivity index (χ1) is 9.15. The second kappa shape index (κ2) is 6.56. The van der Waals surface area contributed by atoms with Gasteiger partial charge in [-0.15, -0.1) is 0 Å². The van der Waals surface area contributed by atoms with Crippen LogP contribution in [0.5, 0.6) is 0 Å². The number of nitrogens with zero attached hydrogens (tertiary/aromatic N) is 4. The fourth-order valence-corrected chi connectivity index (χ4v) is 2.19. The second-order valence-electron chi connectivity index (χ2n) is 5.23. The molecule has 1 aliphatic heterocycles. The number of carbonyl (C=O) groups is 1. The maximum Gasteiger partial charge on any atom is 0.317 e. The Labute approximate surface area is 114 Å². The lowest BCUT2D eigenvalue weighted by molar-refractivity contribution is 0.135. The Bertz CT molecular complexity index is 382. The maximum atomic E-state index is 11.8. The molecule has 1 fully saturated rings. The zero-order valence-electron chi connectivity index (χ0n) is 11.7. The summed E-state index contributed by atoms with van der Waals surface area (Å²) in [5.74, 6) is 0. The summed E-state index contributed by atoms with van der Waals surface area (Å²) < 4.78 is 2.08. The summed E-state index contributed by atoms with van der Waals surface area (Å²) in [5, 5.41) is 2.94. The molecule has 2 rings (SSSR count). The van der Waals surface area contributed by atoms with E-state index in [0.29, 0.717) is 0 Å². The first-order valence-corrected chi connectivity index (χ1v) is 6.88. The van der Waals surface area contributed by atoms with Gasteiger partial charge in [-0.2, -0.15) is 0 Å². The van der Waals surface area contributed by atoms with Gasteiger partial charge in [-0.1, -0.05) is 0 Å². The van der Waals surface area contributed by atoms with Crippen molar-refractivity contribution in [2.75, 3.05) is 32.7 Å². The molecule has 0 aliphatic carbocycles. The van der Waals surface area contributed by atoms with E-state index in [9.17, 15) is 4.79 Å². The molecule has 0 atom stereocenters. The number of aromatic nitrogens is 2. The van der Waals surface area contributed by atoms with Crippen molar-refractivity contribution in [2.45, 2.75) is 26.4 Å². The number of hydrogen-bond acceptors (Lipinski definition) is 3. The van der Waals surface area contributed by atoms with Crippen LogP contribution in [-0.2, 0) is 6.54 Å². The molecular weight excluding hydrogens is 242 g/mol. The molecule has 1 saturated heterocycles. The van der Waals surface area contributed by atoms with Crippen LogP contribution in [0.25, 0.3) is 0 Å². The molecule has 0 aromatic carbocycles. The molecule has 0 saturated carbocycles. The van der Waals surface area contributed by atoms with Gasteiger partial charge in [-0.05, 0) is 13.8 Å². The van der Waals surface area contributed by atoms with E-state index in [1.54, 1.807) is 6.20 Å². The van der Waals surface area contributed by atoms with Crippen LogP contribution in [0.15, 0.2) is 18.7 Å². The van der Waals surface area contributed by atoms with Crippen molar-refractivity contribution >= 4 is 6.03 Å². The predicted molar refractivity (Wildman–Crippen MR) is 73.9 cm³/mol. The van der Waals surface area contributed by atoms with Crippen LogP contribution in [0.1, 0.15) is 13.8 Å². The zero-order valence-corrected chi connectivity index (χ0v) is 11.7. The third-order valence-electron chi connectivity index (χ3n) is 3.31. The number of amides is 2. The zero-order chi connectivity index (χ0) is 13.7. The van der Waals surface area contributed by atoms with Crippen LogP contribution in [-0.4, -0.2) is 64.1 Å². The summed E-state index contributed by atoms with van der Waals surface area (Å²) in [6, 6.07) is 0.260. The number of carbonyl (C=O) groups excluding carboxylic acids is 1. The number of piperazine rings is 1. The van der Waals surface area contributed by atoms with Crippen LogP contribution < -0.4 is 5.32 Å². The van der Waals surface area contributed by atoms with E-state index in [-0.39, 0.29) is 12.1 Å². The van der Waals surface area contributed by atoms with Crippen molar-refractivity contribution in [1.29, 1.82) is 0 Å². The molecule has 2 amide bonds. The SMILES string of the molecule is CC(C)NC(=O)N1CCN(CCn2ccnc2)CC1. The minimum absolute atomic E-state index is 0.0595. The highest BCUT2D eigenvalue weighted by Crippen LogP contribution is 2.03. The normalized spacial score (nSPS) is 16.9. The Hall–Kier alpha value is -1.56. The molecule has 1 aliphatic rings. The summed E-state index contributed by atoms with van der Waals surface area (Å²) >= 11 is 0. The summed E-state index contributed by atoms with van der Waals surface area (Å²) in [6.07, 6.45) is 5.62. The van der Waals surface area contributed by atoms with Gasteiger partial charge >= 0.3 is 6.03 Å². The molecule has 1 aromatic heterocycles. The standard InChI is InChI=1S/C13H23N5O/c1-12(2)15-13(19)18-9-7-16(8-10-18)5-6-17-4-3-14-11-17/h3-4,11-12H,5-10H2,1-2H3,(H,15,19). The third kappa shape index (κ3) is 4.24. The smallest absolute Gasteiger partial charge is 0.317 e. The minimum Gasteiger partial charge on any atom is -0.336 e. The number of rotatable bonds is 4. The number of hydrogen-bond donors (Lipinski definition) is 1. The van der Waals surface area contributed by atoms with Crippen LogP contribution >= 0.6 is 0 Å². The van der Waals surface area contributed by atoms with Gasteiger partial charge in [0.2, 0.25) is 0 Å². The van der Waals surface area contributed by atoms with E-state index in [4.69, 9.17) is 0 Å². The monoisotopic (exact) mass is 265 g/mol. The molecule has 0 bridgehead atoms. The van der Waals surface area contributed by atoms with Crippen LogP contribution in [0.3, 0.4) is 0 Å². The number of nitrogens with one attached hydrogen (secondary N) is 1. The largest absolute Gasteiger partial charge is 0.336 e. The first kappa shape index (κ1) is 13.9. The van der Waals surface area contributed by atoms with Gasteiger partial charge in [0.05, 0.1) is 6.33 Å². The molecule has 6 heteroatoms. The van der Waals surface area contributed by atoms with Gasteiger partial charge in [-0.25, -0.2) is 9.78 Å². The van der Waals surface area contributed by atoms with Crippen molar-refractivity contribution in [2.24, 2.45) is 0 Å². The first-order valence-electron chi connectivity index (χ1n) is 6.88. The van der Waals surface area contributed by atoms with Crippen LogP contribution in [0.2, 0.25) is 0 Å². The minimum atomic E-state index is 0.0595. The van der Waals surface area contributed by atoms with E-state index in [1.165, 1.54) is 0 Å². The van der Waals surface area contributed by atoms with E-state index < -0.39 is 0 Å². The topological polar surface area (TPSA) is 53.4 Å². The predicted octanol–water partition coefficient (Wildman–Crippen LogP) is 0.619. The molecule has 0 radical (unpaired) electrons. The fraction of sp³-hybridized carbons (Fsp3) is 0.692. The highest BCUT2D eigenvalue weighted by Gasteiger charge is 2.20. The van der Waals surface area contributed by atoms with Gasteiger partial charge in [-0.3, -0.25) is 4.90 Å². The molecule has 19 heavy (non-hydrogen) atoms. The van der Waals surface area contributed by atoms with E-state index >= 15 is 0 Å². The molecule has 2 heterocycles. The average Bonchev–Trinajstić information content (AvgIpc) is 2.89. The van der Waals surface area contributed by atoms with Gasteiger partial charge in [0.15, 0.2) is 0 Å². The highest BCUT2D eigenvalue weighted by molar-refractivity contribution is 5.74. The summed E-state index contributed by atoms with van der Waals surface area (Å²) in [7, 11) is 0. The number of urea groups is 1. The summed E-state index contributed by atoms with van der Waals surface area (Å²) in [6.45, 7) is 9.44. The lowest BCUT2D eigenvalue weighted by atomic mass is 10.3. The molecule has 1 aromatic rings. The van der Waals surface area contributed by atoms with Crippen molar-refractivity contribution in [3.8, 4) is 0 Å². The van der Waals surface area contributed by atoms with Gasteiger partial charge in [0, 0.05) is 57.7 Å². The van der Waals surface area contributed by atoms with Crippen molar-refractivity contribution in [3.05, 3.63) is 18.7 Å². The lowest BCUT2D eigenvalue weighted by Gasteiger charge is -2.35. The van der Waals surface area contributed by atoms with Gasteiger partial charge < -0.3 is 14.8 Å². The van der Waals surface area contributed by atoms with E-state index in [1.807, 2.05) is 31.3 Å². The van der Waals surface area contributed by atoms with Crippen molar-refractivity contribution in [1.82, 2.24) is 24.7 Å². The Morgan fingerprint density at radius 2 is 2.00 bits per heavy atom. The molecule has 0 unspecified atom stereocenters. The van der Waals surface area contributed by atoms with Crippen molar-refractivity contribution < 1.29 is 4.79 Å². The molecule has 6 nitrogen and oxygen atoms in total. The molecule has 0 spiro atoms. The maximum absolute atomic E-state index is 11.8. The Morgan fingerprint density at radius 1 is 1.26 bits per heavy atom. The van der Waals surface area contributed by atoms with Gasteiger partial charge in [0.1, 0.15) is 0 Å². The third-order valence-corrected chi connectivity index (χ3v) is 3.31. The second-order valence-corrected chi connectivity index (χ2v) is 5.23. The molecular formula is C13H23N5O. The fourth-order valence-electron chi connectivity index (χ4n) is 2.19. The van der Waals surface area contributed by atoms with E-state index in [0.717, 1.165) is 39.3 Å².